The number of fused-ring (bicyclic) bond motifs is 1. The van der Waals surface area contributed by atoms with Gasteiger partial charge in [-0.1, -0.05) is 32.1 Å². The Morgan fingerprint density at radius 2 is 1.69 bits per heavy atom. The Bertz CT molecular complexity index is 262. The molecule has 2 fully saturated rings. The van der Waals surface area contributed by atoms with Crippen molar-refractivity contribution in [3.05, 3.63) is 0 Å². The number of hydrogen-bond acceptors (Lipinski definition) is 2. The highest BCUT2D eigenvalue weighted by Crippen LogP contribution is 2.45. The first-order valence-electron chi connectivity index (χ1n) is 6.77. The topological polar surface area (TPSA) is 37.3 Å². The van der Waals surface area contributed by atoms with Crippen LogP contribution in [0.3, 0.4) is 0 Å². The van der Waals surface area contributed by atoms with Gasteiger partial charge in [-0.2, -0.15) is 0 Å². The van der Waals surface area contributed by atoms with Crippen molar-refractivity contribution in [3.8, 4) is 0 Å². The Hall–Kier alpha value is -0.370. The van der Waals surface area contributed by atoms with Crippen LogP contribution in [0.15, 0.2) is 0 Å². The van der Waals surface area contributed by atoms with Crippen molar-refractivity contribution in [1.82, 2.24) is 0 Å². The Labute approximate surface area is 98.4 Å². The predicted octanol–water partition coefficient (Wildman–Crippen LogP) is 2.93. The van der Waals surface area contributed by atoms with E-state index in [-0.39, 0.29) is 11.7 Å². The van der Waals surface area contributed by atoms with Crippen LogP contribution in [-0.4, -0.2) is 16.5 Å². The van der Waals surface area contributed by atoms with Crippen LogP contribution in [-0.2, 0) is 4.79 Å². The molecule has 0 saturated heterocycles. The first kappa shape index (κ1) is 12.1. The molecule has 2 aliphatic rings. The van der Waals surface area contributed by atoms with E-state index in [2.05, 4.69) is 0 Å². The Kier molecular flexibility index (Phi) is 3.39. The number of Topliss-reactive ketones (excluding diaryl/α,β-unsaturated/α-hetero) is 1. The summed E-state index contributed by atoms with van der Waals surface area (Å²) in [7, 11) is 0. The zero-order chi connectivity index (χ0) is 11.8. The summed E-state index contributed by atoms with van der Waals surface area (Å²) >= 11 is 0. The molecule has 3 atom stereocenters. The van der Waals surface area contributed by atoms with Crippen molar-refractivity contribution in [2.75, 3.05) is 0 Å². The first-order valence-corrected chi connectivity index (χ1v) is 6.77. The van der Waals surface area contributed by atoms with E-state index in [1.807, 2.05) is 0 Å². The van der Waals surface area contributed by atoms with E-state index in [4.69, 9.17) is 0 Å². The van der Waals surface area contributed by atoms with E-state index in [9.17, 15) is 9.90 Å². The van der Waals surface area contributed by atoms with Gasteiger partial charge in [0.15, 0.2) is 5.78 Å². The van der Waals surface area contributed by atoms with E-state index in [1.165, 1.54) is 38.5 Å². The van der Waals surface area contributed by atoms with Crippen molar-refractivity contribution >= 4 is 5.78 Å². The largest absolute Gasteiger partial charge is 0.383 e. The fraction of sp³-hybridized carbons (Fsp3) is 0.929. The maximum absolute atomic E-state index is 12.2. The van der Waals surface area contributed by atoms with Crippen LogP contribution in [0.4, 0.5) is 0 Å². The molecule has 0 spiro atoms. The third-order valence-corrected chi connectivity index (χ3v) is 4.51. The molecule has 2 aliphatic carbocycles. The van der Waals surface area contributed by atoms with Gasteiger partial charge in [-0.15, -0.1) is 0 Å². The number of ketones is 1. The molecule has 16 heavy (non-hydrogen) atoms. The molecule has 2 rings (SSSR count). The molecule has 0 amide bonds. The maximum Gasteiger partial charge on any atom is 0.167 e. The second kappa shape index (κ2) is 4.48. The van der Waals surface area contributed by atoms with Crippen LogP contribution in [0, 0.1) is 17.8 Å². The average molecular weight is 224 g/mol. The zero-order valence-electron chi connectivity index (χ0n) is 10.5. The Morgan fingerprint density at radius 1 is 1.06 bits per heavy atom. The second-order valence-electron chi connectivity index (χ2n) is 6.17. The van der Waals surface area contributed by atoms with Gasteiger partial charge in [0.25, 0.3) is 0 Å². The molecule has 2 heteroatoms. The summed E-state index contributed by atoms with van der Waals surface area (Å²) in [6, 6.07) is 0. The fourth-order valence-electron chi connectivity index (χ4n) is 3.72. The monoisotopic (exact) mass is 224 g/mol. The average Bonchev–Trinajstić information content (AvgIpc) is 2.26. The molecule has 3 unspecified atom stereocenters. The Morgan fingerprint density at radius 3 is 2.38 bits per heavy atom. The molecule has 0 radical (unpaired) electrons. The molecule has 0 aliphatic heterocycles. The number of carbonyl (C=O) groups is 1. The van der Waals surface area contributed by atoms with Gasteiger partial charge in [-0.25, -0.2) is 0 Å². The van der Waals surface area contributed by atoms with Crippen LogP contribution in [0.5, 0.6) is 0 Å². The summed E-state index contributed by atoms with van der Waals surface area (Å²) in [5.41, 5.74) is -1.13. The van der Waals surface area contributed by atoms with Crippen molar-refractivity contribution in [1.29, 1.82) is 0 Å². The van der Waals surface area contributed by atoms with E-state index in [1.54, 1.807) is 13.8 Å². The highest BCUT2D eigenvalue weighted by Gasteiger charge is 2.42. The van der Waals surface area contributed by atoms with Gasteiger partial charge < -0.3 is 5.11 Å². The molecule has 0 aromatic heterocycles. The van der Waals surface area contributed by atoms with Crippen molar-refractivity contribution in [3.63, 3.8) is 0 Å². The molecular weight excluding hydrogens is 200 g/mol. The van der Waals surface area contributed by atoms with E-state index >= 15 is 0 Å². The van der Waals surface area contributed by atoms with Gasteiger partial charge in [-0.05, 0) is 38.5 Å². The summed E-state index contributed by atoms with van der Waals surface area (Å²) in [6.45, 7) is 3.28. The highest BCUT2D eigenvalue weighted by molar-refractivity contribution is 5.88. The lowest BCUT2D eigenvalue weighted by Gasteiger charge is -2.42. The van der Waals surface area contributed by atoms with Crippen molar-refractivity contribution in [2.24, 2.45) is 17.8 Å². The van der Waals surface area contributed by atoms with Gasteiger partial charge in [0.1, 0.15) is 5.60 Å². The number of aliphatic hydroxyl groups is 1. The molecular formula is C14H24O2. The van der Waals surface area contributed by atoms with Crippen molar-refractivity contribution < 1.29 is 9.90 Å². The number of rotatable bonds is 2. The highest BCUT2D eigenvalue weighted by atomic mass is 16.3. The maximum atomic E-state index is 12.2. The lowest BCUT2D eigenvalue weighted by molar-refractivity contribution is -0.143. The molecule has 2 nitrogen and oxygen atoms in total. The van der Waals surface area contributed by atoms with Crippen LogP contribution in [0.2, 0.25) is 0 Å². The third-order valence-electron chi connectivity index (χ3n) is 4.51. The molecule has 0 aromatic carbocycles. The van der Waals surface area contributed by atoms with Crippen LogP contribution < -0.4 is 0 Å². The van der Waals surface area contributed by atoms with Crippen LogP contribution >= 0.6 is 0 Å². The summed E-state index contributed by atoms with van der Waals surface area (Å²) in [5.74, 6) is 1.56. The first-order chi connectivity index (χ1) is 7.50. The van der Waals surface area contributed by atoms with Gasteiger partial charge in [0.2, 0.25) is 0 Å². The minimum Gasteiger partial charge on any atom is -0.383 e. The summed E-state index contributed by atoms with van der Waals surface area (Å²) in [6.07, 6.45) is 8.61. The minimum atomic E-state index is -1.13. The fourth-order valence-corrected chi connectivity index (χ4v) is 3.72. The molecule has 0 bridgehead atoms. The van der Waals surface area contributed by atoms with E-state index in [0.29, 0.717) is 5.92 Å². The van der Waals surface area contributed by atoms with Gasteiger partial charge >= 0.3 is 0 Å². The quantitative estimate of drug-likeness (QED) is 0.783. The van der Waals surface area contributed by atoms with E-state index in [0.717, 1.165) is 12.3 Å². The number of hydrogen-bond donors (Lipinski definition) is 1. The second-order valence-corrected chi connectivity index (χ2v) is 6.17. The van der Waals surface area contributed by atoms with Gasteiger partial charge in [-0.3, -0.25) is 4.79 Å². The molecule has 92 valence electrons. The lowest BCUT2D eigenvalue weighted by atomic mass is 9.63. The third kappa shape index (κ3) is 2.32. The summed E-state index contributed by atoms with van der Waals surface area (Å²) in [4.78, 5) is 12.2. The summed E-state index contributed by atoms with van der Waals surface area (Å²) < 4.78 is 0. The molecule has 0 aromatic rings. The molecule has 0 heterocycles. The lowest BCUT2D eigenvalue weighted by Crippen LogP contribution is -2.44. The SMILES string of the molecule is CC(C)(O)C(=O)C1CCCC2CCCCC21. The standard InChI is InChI=1S/C14H24O2/c1-14(2,16)13(15)12-9-5-7-10-6-3-4-8-11(10)12/h10-12,16H,3-9H2,1-2H3. The molecule has 2 saturated carbocycles. The predicted molar refractivity (Wildman–Crippen MR) is 64.1 cm³/mol. The smallest absolute Gasteiger partial charge is 0.167 e. The van der Waals surface area contributed by atoms with Crippen LogP contribution in [0.25, 0.3) is 0 Å². The Balaban J connectivity index is 2.11. The van der Waals surface area contributed by atoms with Gasteiger partial charge in [0.05, 0.1) is 0 Å². The van der Waals surface area contributed by atoms with Crippen molar-refractivity contribution in [2.45, 2.75) is 64.4 Å². The number of carbonyl (C=O) groups excluding carboxylic acids is 1. The normalized spacial score (nSPS) is 35.6. The van der Waals surface area contributed by atoms with E-state index < -0.39 is 5.60 Å². The van der Waals surface area contributed by atoms with Gasteiger partial charge in [0, 0.05) is 5.92 Å². The summed E-state index contributed by atoms with van der Waals surface area (Å²) in [5, 5.41) is 9.88. The minimum absolute atomic E-state index is 0.0871. The zero-order valence-corrected chi connectivity index (χ0v) is 10.5. The molecule has 1 N–H and O–H groups in total. The van der Waals surface area contributed by atoms with Crippen LogP contribution in [0.1, 0.15) is 58.8 Å².